The van der Waals surface area contributed by atoms with Crippen LogP contribution in [-0.4, -0.2) is 28.4 Å². The lowest BCUT2D eigenvalue weighted by atomic mass is 10.2. The number of amides is 1. The minimum atomic E-state index is -0.445. The van der Waals surface area contributed by atoms with Gasteiger partial charge in [0, 0.05) is 12.1 Å². The lowest BCUT2D eigenvalue weighted by Gasteiger charge is -2.06. The third-order valence-electron chi connectivity index (χ3n) is 2.62. The van der Waals surface area contributed by atoms with Crippen LogP contribution in [0.1, 0.15) is 19.8 Å². The Balaban J connectivity index is 2.06. The number of nitrogens with one attached hydrogen (secondary N) is 1. The van der Waals surface area contributed by atoms with Crippen molar-refractivity contribution in [2.24, 2.45) is 0 Å². The van der Waals surface area contributed by atoms with Crippen LogP contribution in [0.4, 0.5) is 5.69 Å². The maximum atomic E-state index is 11.7. The Bertz CT molecular complexity index is 581. The molecule has 4 nitrogen and oxygen atoms in total. The molecule has 0 aliphatic carbocycles. The average molecular weight is 296 g/mol. The summed E-state index contributed by atoms with van der Waals surface area (Å²) in [5.41, 5.74) is 1.73. The van der Waals surface area contributed by atoms with Crippen molar-refractivity contribution in [1.82, 2.24) is 4.98 Å². The van der Waals surface area contributed by atoms with Gasteiger partial charge in [0.15, 0.2) is 4.34 Å². The van der Waals surface area contributed by atoms with Gasteiger partial charge in [-0.3, -0.25) is 4.79 Å². The van der Waals surface area contributed by atoms with Crippen LogP contribution in [0.25, 0.3) is 10.2 Å². The van der Waals surface area contributed by atoms with Gasteiger partial charge < -0.3 is 10.4 Å². The van der Waals surface area contributed by atoms with E-state index in [1.54, 1.807) is 30.0 Å². The van der Waals surface area contributed by atoms with Gasteiger partial charge in [0.05, 0.1) is 16.3 Å². The molecule has 0 saturated carbocycles. The number of hydrogen-bond acceptors (Lipinski definition) is 5. The highest BCUT2D eigenvalue weighted by atomic mass is 32.2. The summed E-state index contributed by atoms with van der Waals surface area (Å²) in [5, 5.41) is 12.0. The Morgan fingerprint density at radius 2 is 2.37 bits per heavy atom. The molecule has 1 heterocycles. The zero-order valence-corrected chi connectivity index (χ0v) is 12.5. The zero-order chi connectivity index (χ0) is 13.8. The SMILES string of the molecule is CSc1nc2ccc(NC(=O)CCC(C)O)cc2s1. The summed E-state index contributed by atoms with van der Waals surface area (Å²) in [4.78, 5) is 16.1. The topological polar surface area (TPSA) is 62.2 Å². The van der Waals surface area contributed by atoms with Crippen molar-refractivity contribution in [2.45, 2.75) is 30.2 Å². The van der Waals surface area contributed by atoms with Gasteiger partial charge in [-0.2, -0.15) is 0 Å². The van der Waals surface area contributed by atoms with E-state index in [2.05, 4.69) is 10.3 Å². The van der Waals surface area contributed by atoms with E-state index in [0.29, 0.717) is 12.8 Å². The molecular formula is C13H16N2O2S2. The summed E-state index contributed by atoms with van der Waals surface area (Å²) in [6.45, 7) is 1.68. The highest BCUT2D eigenvalue weighted by molar-refractivity contribution is 8.00. The van der Waals surface area contributed by atoms with E-state index in [1.165, 1.54) is 0 Å². The smallest absolute Gasteiger partial charge is 0.224 e. The number of carbonyl (C=O) groups is 1. The molecule has 0 aliphatic rings. The molecule has 0 aliphatic heterocycles. The zero-order valence-electron chi connectivity index (χ0n) is 10.8. The monoisotopic (exact) mass is 296 g/mol. The number of thiazole rings is 1. The number of aliphatic hydroxyl groups excluding tert-OH is 1. The van der Waals surface area contributed by atoms with Crippen molar-refractivity contribution in [3.05, 3.63) is 18.2 Å². The van der Waals surface area contributed by atoms with Crippen molar-refractivity contribution in [3.63, 3.8) is 0 Å². The van der Waals surface area contributed by atoms with Crippen molar-refractivity contribution in [2.75, 3.05) is 11.6 Å². The lowest BCUT2D eigenvalue weighted by Crippen LogP contribution is -2.13. The number of aliphatic hydroxyl groups is 1. The van der Waals surface area contributed by atoms with Gasteiger partial charge in [-0.15, -0.1) is 11.3 Å². The van der Waals surface area contributed by atoms with Crippen molar-refractivity contribution < 1.29 is 9.90 Å². The molecule has 1 aromatic heterocycles. The molecule has 0 fully saturated rings. The molecule has 2 rings (SSSR count). The number of aromatic nitrogens is 1. The molecule has 19 heavy (non-hydrogen) atoms. The fourth-order valence-electron chi connectivity index (χ4n) is 1.63. The maximum Gasteiger partial charge on any atom is 0.224 e. The summed E-state index contributed by atoms with van der Waals surface area (Å²) in [6, 6.07) is 5.70. The molecule has 102 valence electrons. The number of rotatable bonds is 5. The number of thioether (sulfide) groups is 1. The van der Waals surface area contributed by atoms with Crippen molar-refractivity contribution in [3.8, 4) is 0 Å². The molecule has 0 bridgehead atoms. The van der Waals surface area contributed by atoms with E-state index >= 15 is 0 Å². The van der Waals surface area contributed by atoms with Gasteiger partial charge in [0.1, 0.15) is 0 Å². The van der Waals surface area contributed by atoms with Gasteiger partial charge in [0.2, 0.25) is 5.91 Å². The van der Waals surface area contributed by atoms with Crippen LogP contribution in [0.2, 0.25) is 0 Å². The molecule has 0 spiro atoms. The Kier molecular flexibility index (Phi) is 4.79. The second-order valence-corrected chi connectivity index (χ2v) is 6.39. The summed E-state index contributed by atoms with van der Waals surface area (Å²) in [7, 11) is 0. The fourth-order valence-corrected chi connectivity index (χ4v) is 3.16. The summed E-state index contributed by atoms with van der Waals surface area (Å²) in [5.74, 6) is -0.0742. The second-order valence-electron chi connectivity index (χ2n) is 4.30. The van der Waals surface area contributed by atoms with Gasteiger partial charge in [-0.05, 0) is 37.8 Å². The van der Waals surface area contributed by atoms with E-state index in [4.69, 9.17) is 5.11 Å². The standard InChI is InChI=1S/C13H16N2O2S2/c1-8(16)3-6-12(17)14-9-4-5-10-11(7-9)19-13(15-10)18-2/h4-5,7-8,16H,3,6H2,1-2H3,(H,14,17). The molecule has 2 aromatic rings. The molecule has 2 N–H and O–H groups in total. The summed E-state index contributed by atoms with van der Waals surface area (Å²) >= 11 is 3.24. The Labute approximate surface area is 120 Å². The number of fused-ring (bicyclic) bond motifs is 1. The molecule has 0 radical (unpaired) electrons. The van der Waals surface area contributed by atoms with Crippen LogP contribution in [0.15, 0.2) is 22.5 Å². The number of hydrogen-bond donors (Lipinski definition) is 2. The quantitative estimate of drug-likeness (QED) is 0.832. The molecule has 0 saturated heterocycles. The Morgan fingerprint density at radius 3 is 3.05 bits per heavy atom. The van der Waals surface area contributed by atoms with Crippen LogP contribution < -0.4 is 5.32 Å². The minimum absolute atomic E-state index is 0.0742. The van der Waals surface area contributed by atoms with Crippen LogP contribution in [-0.2, 0) is 4.79 Å². The number of nitrogens with zero attached hydrogens (tertiary/aromatic N) is 1. The predicted octanol–water partition coefficient (Wildman–Crippen LogP) is 3.12. The number of carbonyl (C=O) groups excluding carboxylic acids is 1. The second kappa shape index (κ2) is 6.36. The summed E-state index contributed by atoms with van der Waals surface area (Å²) < 4.78 is 2.09. The number of benzene rings is 1. The molecule has 1 unspecified atom stereocenters. The van der Waals surface area contributed by atoms with Crippen molar-refractivity contribution in [1.29, 1.82) is 0 Å². The van der Waals surface area contributed by atoms with Crippen molar-refractivity contribution >= 4 is 44.9 Å². The predicted molar refractivity (Wildman–Crippen MR) is 80.9 cm³/mol. The van der Waals surface area contributed by atoms with Gasteiger partial charge in [-0.1, -0.05) is 11.8 Å². The van der Waals surface area contributed by atoms with Gasteiger partial charge in [-0.25, -0.2) is 4.98 Å². The first-order valence-corrected chi connectivity index (χ1v) is 8.05. The third-order valence-corrected chi connectivity index (χ3v) is 4.62. The van der Waals surface area contributed by atoms with Gasteiger partial charge in [0.25, 0.3) is 0 Å². The highest BCUT2D eigenvalue weighted by Crippen LogP contribution is 2.29. The first kappa shape index (κ1) is 14.3. The lowest BCUT2D eigenvalue weighted by molar-refractivity contribution is -0.116. The molecular weight excluding hydrogens is 280 g/mol. The van der Waals surface area contributed by atoms with Gasteiger partial charge >= 0.3 is 0 Å². The molecule has 1 aromatic carbocycles. The summed E-state index contributed by atoms with van der Waals surface area (Å²) in [6.07, 6.45) is 2.36. The van der Waals surface area contributed by atoms with E-state index in [-0.39, 0.29) is 5.91 Å². The largest absolute Gasteiger partial charge is 0.393 e. The normalized spacial score (nSPS) is 12.6. The maximum absolute atomic E-state index is 11.7. The Hall–Kier alpha value is -1.11. The van der Waals surface area contributed by atoms with Crippen LogP contribution in [0, 0.1) is 0 Å². The molecule has 1 atom stereocenters. The van der Waals surface area contributed by atoms with E-state index in [9.17, 15) is 4.79 Å². The first-order valence-electron chi connectivity index (χ1n) is 6.01. The average Bonchev–Trinajstić information content (AvgIpc) is 2.78. The highest BCUT2D eigenvalue weighted by Gasteiger charge is 2.07. The van der Waals surface area contributed by atoms with Crippen LogP contribution in [0.5, 0.6) is 0 Å². The van der Waals surface area contributed by atoms with E-state index in [0.717, 1.165) is 20.2 Å². The van der Waals surface area contributed by atoms with Crippen LogP contribution in [0.3, 0.4) is 0 Å². The molecule has 1 amide bonds. The number of anilines is 1. The first-order chi connectivity index (χ1) is 9.08. The van der Waals surface area contributed by atoms with Crippen LogP contribution >= 0.6 is 23.1 Å². The third kappa shape index (κ3) is 3.92. The molecule has 6 heteroatoms. The Morgan fingerprint density at radius 1 is 1.58 bits per heavy atom. The van der Waals surface area contributed by atoms with E-state index in [1.807, 2.05) is 24.5 Å². The van der Waals surface area contributed by atoms with E-state index < -0.39 is 6.10 Å². The fraction of sp³-hybridized carbons (Fsp3) is 0.385. The minimum Gasteiger partial charge on any atom is -0.393 e.